The lowest BCUT2D eigenvalue weighted by Gasteiger charge is -2.24. The molecule has 0 aromatic heterocycles. The third-order valence-corrected chi connectivity index (χ3v) is 4.10. The van der Waals surface area contributed by atoms with Gasteiger partial charge >= 0.3 is 0 Å². The van der Waals surface area contributed by atoms with Crippen LogP contribution in [0.5, 0.6) is 5.75 Å². The van der Waals surface area contributed by atoms with Crippen molar-refractivity contribution >= 4 is 0 Å². The smallest absolute Gasteiger partial charge is 0.123 e. The van der Waals surface area contributed by atoms with Crippen LogP contribution in [0, 0.1) is 11.7 Å². The number of hydrogen-bond donors (Lipinski definition) is 1. The van der Waals surface area contributed by atoms with Crippen LogP contribution in [0.25, 0.3) is 0 Å². The van der Waals surface area contributed by atoms with Crippen molar-refractivity contribution in [2.75, 3.05) is 13.7 Å². The van der Waals surface area contributed by atoms with Gasteiger partial charge in [-0.25, -0.2) is 4.39 Å². The zero-order chi connectivity index (χ0) is 13.7. The Hall–Kier alpha value is -1.09. The van der Waals surface area contributed by atoms with Gasteiger partial charge in [0.05, 0.1) is 7.11 Å². The summed E-state index contributed by atoms with van der Waals surface area (Å²) in [5.41, 5.74) is 0.901. The van der Waals surface area contributed by atoms with Crippen LogP contribution in [-0.2, 0) is 0 Å². The quantitative estimate of drug-likeness (QED) is 0.866. The van der Waals surface area contributed by atoms with E-state index >= 15 is 0 Å². The average molecular weight is 265 g/mol. The number of halogens is 1. The maximum Gasteiger partial charge on any atom is 0.123 e. The molecule has 3 heteroatoms. The van der Waals surface area contributed by atoms with Crippen molar-refractivity contribution in [1.82, 2.24) is 5.32 Å². The molecule has 1 aliphatic rings. The molecule has 0 saturated heterocycles. The number of benzene rings is 1. The second-order valence-electron chi connectivity index (χ2n) is 5.52. The van der Waals surface area contributed by atoms with Gasteiger partial charge in [0.25, 0.3) is 0 Å². The summed E-state index contributed by atoms with van der Waals surface area (Å²) in [7, 11) is 1.63. The Morgan fingerprint density at radius 1 is 1.32 bits per heavy atom. The molecule has 1 fully saturated rings. The van der Waals surface area contributed by atoms with Crippen molar-refractivity contribution in [2.24, 2.45) is 5.92 Å². The average Bonchev–Trinajstić information content (AvgIpc) is 2.46. The molecular formula is C16H24FNO. The van der Waals surface area contributed by atoms with Crippen LogP contribution in [0.1, 0.15) is 50.6 Å². The van der Waals surface area contributed by atoms with Crippen LogP contribution >= 0.6 is 0 Å². The van der Waals surface area contributed by atoms with E-state index in [9.17, 15) is 4.39 Å². The van der Waals surface area contributed by atoms with Crippen molar-refractivity contribution in [3.8, 4) is 5.75 Å². The van der Waals surface area contributed by atoms with Gasteiger partial charge in [0.15, 0.2) is 0 Å². The van der Waals surface area contributed by atoms with Gasteiger partial charge in [-0.2, -0.15) is 0 Å². The Kier molecular flexibility index (Phi) is 5.20. The molecule has 1 aliphatic carbocycles. The first-order valence-electron chi connectivity index (χ1n) is 7.27. The zero-order valence-corrected chi connectivity index (χ0v) is 11.9. The minimum atomic E-state index is -0.206. The fourth-order valence-corrected chi connectivity index (χ4v) is 2.89. The molecule has 2 nitrogen and oxygen atoms in total. The number of methoxy groups -OCH3 is 1. The standard InChI is InChI=1S/C16H24FNO/c1-12(18-11-13-6-4-3-5-7-13)15-10-14(17)8-9-16(15)19-2/h8-10,12-13,18H,3-7,11H2,1-2H3. The van der Waals surface area contributed by atoms with E-state index < -0.39 is 0 Å². The van der Waals surface area contributed by atoms with Crippen molar-refractivity contribution in [1.29, 1.82) is 0 Å². The summed E-state index contributed by atoms with van der Waals surface area (Å²) in [5.74, 6) is 1.32. The second kappa shape index (κ2) is 6.90. The van der Waals surface area contributed by atoms with Crippen molar-refractivity contribution in [3.05, 3.63) is 29.6 Å². The fourth-order valence-electron chi connectivity index (χ4n) is 2.89. The monoisotopic (exact) mass is 265 g/mol. The maximum atomic E-state index is 13.4. The molecule has 0 spiro atoms. The van der Waals surface area contributed by atoms with Gasteiger partial charge in [-0.05, 0) is 50.4 Å². The van der Waals surface area contributed by atoms with E-state index in [0.717, 1.165) is 23.8 Å². The summed E-state index contributed by atoms with van der Waals surface area (Å²) in [4.78, 5) is 0. The summed E-state index contributed by atoms with van der Waals surface area (Å²) in [6.45, 7) is 3.08. The molecule has 0 radical (unpaired) electrons. The molecule has 1 N–H and O–H groups in total. The number of nitrogens with one attached hydrogen (secondary N) is 1. The van der Waals surface area contributed by atoms with Crippen molar-refractivity contribution in [3.63, 3.8) is 0 Å². The summed E-state index contributed by atoms with van der Waals surface area (Å²) in [5, 5.41) is 3.52. The molecule has 1 saturated carbocycles. The lowest BCUT2D eigenvalue weighted by Crippen LogP contribution is -2.27. The molecule has 106 valence electrons. The first-order valence-corrected chi connectivity index (χ1v) is 7.27. The Bertz CT molecular complexity index is 402. The third kappa shape index (κ3) is 3.93. The van der Waals surface area contributed by atoms with Gasteiger partial charge in [0, 0.05) is 11.6 Å². The first kappa shape index (κ1) is 14.3. The normalized spacial score (nSPS) is 18.3. The summed E-state index contributed by atoms with van der Waals surface area (Å²) in [6, 6.07) is 4.82. The highest BCUT2D eigenvalue weighted by Crippen LogP contribution is 2.27. The van der Waals surface area contributed by atoms with E-state index in [2.05, 4.69) is 12.2 Å². The van der Waals surface area contributed by atoms with Crippen LogP contribution in [-0.4, -0.2) is 13.7 Å². The lowest BCUT2D eigenvalue weighted by molar-refractivity contribution is 0.328. The SMILES string of the molecule is COc1ccc(F)cc1C(C)NCC1CCCCC1. The molecule has 0 amide bonds. The van der Waals surface area contributed by atoms with E-state index in [1.54, 1.807) is 19.2 Å². The molecule has 0 bridgehead atoms. The van der Waals surface area contributed by atoms with Crippen molar-refractivity contribution in [2.45, 2.75) is 45.1 Å². The highest BCUT2D eigenvalue weighted by atomic mass is 19.1. The van der Waals surface area contributed by atoms with Gasteiger partial charge in [-0.1, -0.05) is 19.3 Å². The number of rotatable bonds is 5. The Morgan fingerprint density at radius 3 is 2.74 bits per heavy atom. The molecule has 2 rings (SSSR count). The highest BCUT2D eigenvalue weighted by Gasteiger charge is 2.16. The molecule has 1 unspecified atom stereocenters. The number of hydrogen-bond acceptors (Lipinski definition) is 2. The molecule has 1 atom stereocenters. The predicted molar refractivity (Wildman–Crippen MR) is 75.9 cm³/mol. The van der Waals surface area contributed by atoms with Gasteiger partial charge in [-0.15, -0.1) is 0 Å². The molecule has 1 aromatic carbocycles. The summed E-state index contributed by atoms with van der Waals surface area (Å²) in [6.07, 6.45) is 6.72. The maximum absolute atomic E-state index is 13.4. The minimum Gasteiger partial charge on any atom is -0.496 e. The molecule has 0 heterocycles. The Labute approximate surface area is 115 Å². The largest absolute Gasteiger partial charge is 0.496 e. The molecule has 19 heavy (non-hydrogen) atoms. The topological polar surface area (TPSA) is 21.3 Å². The summed E-state index contributed by atoms with van der Waals surface area (Å²) >= 11 is 0. The number of ether oxygens (including phenoxy) is 1. The third-order valence-electron chi connectivity index (χ3n) is 4.10. The molecular weight excluding hydrogens is 241 g/mol. The first-order chi connectivity index (χ1) is 9.20. The van der Waals surface area contributed by atoms with Crippen LogP contribution in [0.15, 0.2) is 18.2 Å². The van der Waals surface area contributed by atoms with Crippen LogP contribution in [0.3, 0.4) is 0 Å². The highest BCUT2D eigenvalue weighted by molar-refractivity contribution is 5.36. The van der Waals surface area contributed by atoms with Crippen LogP contribution in [0.2, 0.25) is 0 Å². The van der Waals surface area contributed by atoms with Gasteiger partial charge in [-0.3, -0.25) is 0 Å². The molecule has 0 aliphatic heterocycles. The van der Waals surface area contributed by atoms with E-state index in [1.807, 2.05) is 0 Å². The zero-order valence-electron chi connectivity index (χ0n) is 11.9. The van der Waals surface area contributed by atoms with E-state index in [-0.39, 0.29) is 11.9 Å². The molecule has 1 aromatic rings. The van der Waals surface area contributed by atoms with E-state index in [0.29, 0.717) is 0 Å². The Morgan fingerprint density at radius 2 is 2.05 bits per heavy atom. The van der Waals surface area contributed by atoms with Gasteiger partial charge in [0.2, 0.25) is 0 Å². The van der Waals surface area contributed by atoms with E-state index in [4.69, 9.17) is 4.74 Å². The lowest BCUT2D eigenvalue weighted by atomic mass is 9.89. The summed E-state index contributed by atoms with van der Waals surface area (Å²) < 4.78 is 18.7. The Balaban J connectivity index is 1.94. The fraction of sp³-hybridized carbons (Fsp3) is 0.625. The van der Waals surface area contributed by atoms with E-state index in [1.165, 1.54) is 38.2 Å². The second-order valence-corrected chi connectivity index (χ2v) is 5.52. The predicted octanol–water partition coefficient (Wildman–Crippen LogP) is 4.07. The van der Waals surface area contributed by atoms with Gasteiger partial charge < -0.3 is 10.1 Å². The van der Waals surface area contributed by atoms with Gasteiger partial charge in [0.1, 0.15) is 11.6 Å². The minimum absolute atomic E-state index is 0.118. The van der Waals surface area contributed by atoms with Crippen LogP contribution < -0.4 is 10.1 Å². The van der Waals surface area contributed by atoms with Crippen LogP contribution in [0.4, 0.5) is 4.39 Å². The van der Waals surface area contributed by atoms with Crippen molar-refractivity contribution < 1.29 is 9.13 Å².